The van der Waals surface area contributed by atoms with Crippen LogP contribution in [0.4, 0.5) is 0 Å². The Labute approximate surface area is 143 Å². The zero-order valence-corrected chi connectivity index (χ0v) is 14.2. The molecule has 0 saturated carbocycles. The monoisotopic (exact) mass is 331 g/mol. The number of hydrogen-bond acceptors (Lipinski definition) is 4. The molecule has 5 nitrogen and oxygen atoms in total. The lowest BCUT2D eigenvalue weighted by molar-refractivity contribution is -0.139. The highest BCUT2D eigenvalue weighted by molar-refractivity contribution is 5.77. The van der Waals surface area contributed by atoms with Crippen LogP contribution in [-0.4, -0.2) is 32.1 Å². The van der Waals surface area contributed by atoms with Crippen LogP contribution in [0.2, 0.25) is 0 Å². The summed E-state index contributed by atoms with van der Waals surface area (Å²) in [5, 5.41) is 2.88. The zero-order valence-electron chi connectivity index (χ0n) is 14.2. The second-order valence-corrected chi connectivity index (χ2v) is 5.89. The smallest absolute Gasteiger partial charge is 0.309 e. The molecule has 0 heterocycles. The first-order chi connectivity index (χ1) is 11.7. The molecule has 5 heteroatoms. The SMILES string of the molecule is COC(=O)Cc1ccc(OCC(=O)NCCC2=CCCCC2)cc1. The fraction of sp³-hybridized carbons (Fsp3) is 0.474. The summed E-state index contributed by atoms with van der Waals surface area (Å²) in [5.74, 6) is 0.204. The van der Waals surface area contributed by atoms with Crippen LogP contribution in [0.3, 0.4) is 0 Å². The maximum atomic E-state index is 11.8. The van der Waals surface area contributed by atoms with E-state index < -0.39 is 0 Å². The average molecular weight is 331 g/mol. The number of allylic oxidation sites excluding steroid dienone is 1. The summed E-state index contributed by atoms with van der Waals surface area (Å²) < 4.78 is 10.1. The molecular formula is C19H25NO4. The number of nitrogens with one attached hydrogen (secondary N) is 1. The lowest BCUT2D eigenvalue weighted by Crippen LogP contribution is -2.30. The van der Waals surface area contributed by atoms with Crippen LogP contribution in [0.1, 0.15) is 37.7 Å². The molecule has 0 aliphatic heterocycles. The minimum absolute atomic E-state index is 0.00457. The highest BCUT2D eigenvalue weighted by atomic mass is 16.5. The fourth-order valence-electron chi connectivity index (χ4n) is 2.64. The van der Waals surface area contributed by atoms with E-state index in [-0.39, 0.29) is 24.9 Å². The average Bonchev–Trinajstić information content (AvgIpc) is 2.62. The summed E-state index contributed by atoms with van der Waals surface area (Å²) >= 11 is 0. The van der Waals surface area contributed by atoms with Crippen molar-refractivity contribution >= 4 is 11.9 Å². The summed E-state index contributed by atoms with van der Waals surface area (Å²) in [7, 11) is 1.36. The molecule has 1 N–H and O–H groups in total. The van der Waals surface area contributed by atoms with Gasteiger partial charge in [0.2, 0.25) is 0 Å². The number of rotatable bonds is 8. The summed E-state index contributed by atoms with van der Waals surface area (Å²) in [6.45, 7) is 0.654. The molecule has 1 aliphatic rings. The van der Waals surface area contributed by atoms with E-state index in [2.05, 4.69) is 16.1 Å². The molecule has 0 atom stereocenters. The Bertz CT molecular complexity index is 578. The number of esters is 1. The van der Waals surface area contributed by atoms with Crippen molar-refractivity contribution in [2.45, 2.75) is 38.5 Å². The lowest BCUT2D eigenvalue weighted by atomic mass is 9.97. The van der Waals surface area contributed by atoms with E-state index in [4.69, 9.17) is 4.74 Å². The van der Waals surface area contributed by atoms with Gasteiger partial charge in [0.05, 0.1) is 13.5 Å². The molecule has 0 radical (unpaired) electrons. The van der Waals surface area contributed by atoms with Gasteiger partial charge in [-0.05, 0) is 49.8 Å². The number of ether oxygens (including phenoxy) is 2. The number of carbonyl (C=O) groups is 2. The standard InChI is InChI=1S/C19H25NO4/c1-23-19(22)13-16-7-9-17(10-8-16)24-14-18(21)20-12-11-15-5-3-2-4-6-15/h5,7-10H,2-4,6,11-14H2,1H3,(H,20,21). The number of carbonyl (C=O) groups excluding carboxylic acids is 2. The zero-order chi connectivity index (χ0) is 17.2. The van der Waals surface area contributed by atoms with E-state index in [1.165, 1.54) is 31.9 Å². The van der Waals surface area contributed by atoms with Crippen molar-refractivity contribution in [3.8, 4) is 5.75 Å². The van der Waals surface area contributed by atoms with Crippen LogP contribution < -0.4 is 10.1 Å². The van der Waals surface area contributed by atoms with Crippen molar-refractivity contribution in [2.24, 2.45) is 0 Å². The van der Waals surface area contributed by atoms with Gasteiger partial charge in [-0.3, -0.25) is 9.59 Å². The van der Waals surface area contributed by atoms with Gasteiger partial charge in [0.25, 0.3) is 5.91 Å². The normalized spacial score (nSPS) is 13.8. The third-order valence-electron chi connectivity index (χ3n) is 4.02. The van der Waals surface area contributed by atoms with Gasteiger partial charge < -0.3 is 14.8 Å². The Hall–Kier alpha value is -2.30. The van der Waals surface area contributed by atoms with Crippen LogP contribution in [0.25, 0.3) is 0 Å². The third kappa shape index (κ3) is 6.44. The summed E-state index contributed by atoms with van der Waals surface area (Å²) in [4.78, 5) is 23.0. The molecule has 1 aliphatic carbocycles. The van der Waals surface area contributed by atoms with Gasteiger partial charge in [0, 0.05) is 6.54 Å². The van der Waals surface area contributed by atoms with Crippen molar-refractivity contribution in [3.05, 3.63) is 41.5 Å². The molecule has 0 saturated heterocycles. The Morgan fingerprint density at radius 2 is 1.96 bits per heavy atom. The second kappa shape index (κ2) is 9.75. The van der Waals surface area contributed by atoms with E-state index >= 15 is 0 Å². The van der Waals surface area contributed by atoms with Gasteiger partial charge in [-0.15, -0.1) is 0 Å². The molecule has 130 valence electrons. The number of methoxy groups -OCH3 is 1. The number of hydrogen-bond donors (Lipinski definition) is 1. The maximum Gasteiger partial charge on any atom is 0.309 e. The van der Waals surface area contributed by atoms with Crippen molar-refractivity contribution in [1.82, 2.24) is 5.32 Å². The van der Waals surface area contributed by atoms with Crippen molar-refractivity contribution < 1.29 is 19.1 Å². The minimum atomic E-state index is -0.281. The highest BCUT2D eigenvalue weighted by Gasteiger charge is 2.07. The van der Waals surface area contributed by atoms with E-state index in [0.29, 0.717) is 12.3 Å². The first kappa shape index (κ1) is 18.0. The fourth-order valence-corrected chi connectivity index (χ4v) is 2.64. The molecule has 2 rings (SSSR count). The number of benzene rings is 1. The third-order valence-corrected chi connectivity index (χ3v) is 4.02. The molecule has 1 amide bonds. The molecule has 0 aromatic heterocycles. The highest BCUT2D eigenvalue weighted by Crippen LogP contribution is 2.19. The minimum Gasteiger partial charge on any atom is -0.484 e. The molecule has 1 aromatic carbocycles. The number of amides is 1. The molecule has 1 aromatic rings. The Morgan fingerprint density at radius 1 is 1.17 bits per heavy atom. The van der Waals surface area contributed by atoms with Gasteiger partial charge in [-0.1, -0.05) is 23.8 Å². The van der Waals surface area contributed by atoms with E-state index in [9.17, 15) is 9.59 Å². The van der Waals surface area contributed by atoms with Crippen molar-refractivity contribution in [1.29, 1.82) is 0 Å². The summed E-state index contributed by atoms with van der Waals surface area (Å²) in [5.41, 5.74) is 2.29. The summed E-state index contributed by atoms with van der Waals surface area (Å²) in [6.07, 6.45) is 8.31. The van der Waals surface area contributed by atoms with Gasteiger partial charge in [-0.2, -0.15) is 0 Å². The van der Waals surface area contributed by atoms with Crippen molar-refractivity contribution in [2.75, 3.05) is 20.3 Å². The molecule has 0 spiro atoms. The molecule has 0 fully saturated rings. The van der Waals surface area contributed by atoms with E-state index in [1.807, 2.05) is 0 Å². The first-order valence-electron chi connectivity index (χ1n) is 8.40. The quantitative estimate of drug-likeness (QED) is 0.588. The van der Waals surface area contributed by atoms with Gasteiger partial charge in [-0.25, -0.2) is 0 Å². The Morgan fingerprint density at radius 3 is 2.62 bits per heavy atom. The lowest BCUT2D eigenvalue weighted by Gasteiger charge is -2.13. The van der Waals surface area contributed by atoms with Gasteiger partial charge >= 0.3 is 5.97 Å². The molecule has 24 heavy (non-hydrogen) atoms. The van der Waals surface area contributed by atoms with Crippen LogP contribution in [0.5, 0.6) is 5.75 Å². The predicted octanol–water partition coefficient (Wildman–Crippen LogP) is 2.79. The van der Waals surface area contributed by atoms with E-state index in [0.717, 1.165) is 18.4 Å². The summed E-state index contributed by atoms with van der Waals surface area (Å²) in [6, 6.07) is 7.08. The largest absolute Gasteiger partial charge is 0.484 e. The topological polar surface area (TPSA) is 64.6 Å². The first-order valence-corrected chi connectivity index (χ1v) is 8.40. The molecule has 0 bridgehead atoms. The predicted molar refractivity (Wildman–Crippen MR) is 91.8 cm³/mol. The van der Waals surface area contributed by atoms with E-state index in [1.54, 1.807) is 24.3 Å². The maximum absolute atomic E-state index is 11.8. The Balaban J connectivity index is 1.65. The van der Waals surface area contributed by atoms with Crippen LogP contribution in [0.15, 0.2) is 35.9 Å². The molecular weight excluding hydrogens is 306 g/mol. The van der Waals surface area contributed by atoms with Gasteiger partial charge in [0.1, 0.15) is 5.75 Å². The van der Waals surface area contributed by atoms with Crippen molar-refractivity contribution in [3.63, 3.8) is 0 Å². The second-order valence-electron chi connectivity index (χ2n) is 5.89. The van der Waals surface area contributed by atoms with Crippen LogP contribution in [-0.2, 0) is 20.7 Å². The Kier molecular flexibility index (Phi) is 7.33. The van der Waals surface area contributed by atoms with Gasteiger partial charge in [0.15, 0.2) is 6.61 Å². The molecule has 0 unspecified atom stereocenters. The van der Waals surface area contributed by atoms with Crippen LogP contribution >= 0.6 is 0 Å². The van der Waals surface area contributed by atoms with Crippen LogP contribution in [0, 0.1) is 0 Å².